The Morgan fingerprint density at radius 2 is 1.92 bits per heavy atom. The molecule has 2 N–H and O–H groups in total. The Labute approximate surface area is 149 Å². The molecule has 0 radical (unpaired) electrons. The zero-order valence-corrected chi connectivity index (χ0v) is 15.2. The van der Waals surface area contributed by atoms with Gasteiger partial charge in [-0.25, -0.2) is 4.79 Å². The third-order valence-electron chi connectivity index (χ3n) is 5.90. The van der Waals surface area contributed by atoms with Crippen molar-refractivity contribution in [2.45, 2.75) is 57.4 Å². The number of carbonyl (C=O) groups is 3. The second-order valence-corrected chi connectivity index (χ2v) is 7.56. The maximum absolute atomic E-state index is 12.6. The summed E-state index contributed by atoms with van der Waals surface area (Å²) >= 11 is 0. The van der Waals surface area contributed by atoms with Crippen LogP contribution in [0.2, 0.25) is 0 Å². The van der Waals surface area contributed by atoms with Gasteiger partial charge in [0.25, 0.3) is 5.91 Å². The zero-order valence-electron chi connectivity index (χ0n) is 15.2. The molecule has 4 amide bonds. The van der Waals surface area contributed by atoms with E-state index >= 15 is 0 Å². The van der Waals surface area contributed by atoms with E-state index in [-0.39, 0.29) is 30.8 Å². The van der Waals surface area contributed by atoms with Gasteiger partial charge in [-0.3, -0.25) is 14.5 Å². The molecule has 2 heterocycles. The van der Waals surface area contributed by atoms with E-state index in [1.165, 1.54) is 4.90 Å². The summed E-state index contributed by atoms with van der Waals surface area (Å²) in [5.41, 5.74) is -0.676. The lowest BCUT2D eigenvalue weighted by atomic mass is 9.96. The Kier molecular flexibility index (Phi) is 5.61. The molecule has 3 rings (SSSR count). The summed E-state index contributed by atoms with van der Waals surface area (Å²) in [6.45, 7) is 5.85. The van der Waals surface area contributed by atoms with Crippen LogP contribution in [0, 0.1) is 5.92 Å². The maximum Gasteiger partial charge on any atom is 0.325 e. The van der Waals surface area contributed by atoms with Crippen LogP contribution in [0.4, 0.5) is 4.79 Å². The summed E-state index contributed by atoms with van der Waals surface area (Å²) in [4.78, 5) is 40.3. The van der Waals surface area contributed by atoms with Gasteiger partial charge in [0.2, 0.25) is 5.91 Å². The van der Waals surface area contributed by atoms with Crippen molar-refractivity contribution < 1.29 is 14.4 Å². The Hall–Kier alpha value is -1.63. The molecule has 25 heavy (non-hydrogen) atoms. The number of urea groups is 1. The van der Waals surface area contributed by atoms with Crippen molar-refractivity contribution in [3.63, 3.8) is 0 Å². The van der Waals surface area contributed by atoms with Crippen LogP contribution in [0.3, 0.4) is 0 Å². The quantitative estimate of drug-likeness (QED) is 0.703. The van der Waals surface area contributed by atoms with Crippen molar-refractivity contribution in [3.05, 3.63) is 0 Å². The number of hydrogen-bond acceptors (Lipinski definition) is 4. The van der Waals surface area contributed by atoms with Gasteiger partial charge in [-0.05, 0) is 44.7 Å². The number of rotatable bonds is 6. The molecule has 0 bridgehead atoms. The standard InChI is InChI=1S/C18H30N4O3/c1-2-19-13-14-5-10-21(11-6-14)15(23)7-12-22-16(24)18(20-17(22)25)8-3-4-9-18/h14,19H,2-13H2,1H3,(H,20,25). The molecule has 3 aliphatic rings. The Bertz CT molecular complexity index is 522. The summed E-state index contributed by atoms with van der Waals surface area (Å²) in [7, 11) is 0. The van der Waals surface area contributed by atoms with Crippen LogP contribution in [-0.2, 0) is 9.59 Å². The second-order valence-electron chi connectivity index (χ2n) is 7.56. The average molecular weight is 350 g/mol. The maximum atomic E-state index is 12.6. The Balaban J connectivity index is 1.45. The lowest BCUT2D eigenvalue weighted by molar-refractivity contribution is -0.134. The molecule has 1 spiro atoms. The minimum atomic E-state index is -0.676. The molecule has 3 fully saturated rings. The van der Waals surface area contributed by atoms with Crippen LogP contribution in [0.5, 0.6) is 0 Å². The molecular formula is C18H30N4O3. The average Bonchev–Trinajstić information content (AvgIpc) is 3.18. The smallest absolute Gasteiger partial charge is 0.325 e. The topological polar surface area (TPSA) is 81.8 Å². The molecule has 140 valence electrons. The largest absolute Gasteiger partial charge is 0.343 e. The fraction of sp³-hybridized carbons (Fsp3) is 0.833. The van der Waals surface area contributed by atoms with E-state index in [0.717, 1.165) is 64.7 Å². The first-order valence-corrected chi connectivity index (χ1v) is 9.68. The predicted octanol–water partition coefficient (Wildman–Crippen LogP) is 1.09. The number of nitrogens with zero attached hydrogens (tertiary/aromatic N) is 2. The first kappa shape index (κ1) is 18.2. The molecule has 0 aromatic carbocycles. The third kappa shape index (κ3) is 3.81. The lowest BCUT2D eigenvalue weighted by Gasteiger charge is -2.32. The number of hydrogen-bond donors (Lipinski definition) is 2. The van der Waals surface area contributed by atoms with Crippen LogP contribution in [0.25, 0.3) is 0 Å². The molecule has 1 saturated carbocycles. The van der Waals surface area contributed by atoms with Crippen LogP contribution in [-0.4, -0.2) is 65.9 Å². The summed E-state index contributed by atoms with van der Waals surface area (Å²) in [6.07, 6.45) is 5.66. The monoisotopic (exact) mass is 350 g/mol. The van der Waals surface area contributed by atoms with Gasteiger partial charge >= 0.3 is 6.03 Å². The van der Waals surface area contributed by atoms with Crippen molar-refractivity contribution in [3.8, 4) is 0 Å². The zero-order chi connectivity index (χ0) is 17.9. The van der Waals surface area contributed by atoms with Crippen molar-refractivity contribution >= 4 is 17.8 Å². The molecule has 0 atom stereocenters. The first-order chi connectivity index (χ1) is 12.1. The van der Waals surface area contributed by atoms with Crippen molar-refractivity contribution in [1.29, 1.82) is 0 Å². The van der Waals surface area contributed by atoms with Crippen molar-refractivity contribution in [2.75, 3.05) is 32.7 Å². The van der Waals surface area contributed by atoms with Gasteiger partial charge in [0.1, 0.15) is 5.54 Å². The number of piperidine rings is 1. The van der Waals surface area contributed by atoms with Crippen LogP contribution in [0.15, 0.2) is 0 Å². The van der Waals surface area contributed by atoms with Gasteiger partial charge in [0.15, 0.2) is 0 Å². The van der Waals surface area contributed by atoms with Crippen LogP contribution in [0.1, 0.15) is 51.9 Å². The number of nitrogens with one attached hydrogen (secondary N) is 2. The van der Waals surface area contributed by atoms with Gasteiger partial charge in [-0.2, -0.15) is 0 Å². The second kappa shape index (κ2) is 7.72. The lowest BCUT2D eigenvalue weighted by Crippen LogP contribution is -2.44. The van der Waals surface area contributed by atoms with Gasteiger partial charge in [0.05, 0.1) is 0 Å². The number of carbonyl (C=O) groups excluding carboxylic acids is 3. The molecule has 2 aliphatic heterocycles. The van der Waals surface area contributed by atoms with E-state index in [2.05, 4.69) is 17.6 Å². The summed E-state index contributed by atoms with van der Waals surface area (Å²) in [5, 5.41) is 6.23. The predicted molar refractivity (Wildman–Crippen MR) is 93.9 cm³/mol. The van der Waals surface area contributed by atoms with E-state index < -0.39 is 5.54 Å². The number of amides is 4. The fourth-order valence-corrected chi connectivity index (χ4v) is 4.30. The number of imide groups is 1. The van der Waals surface area contributed by atoms with Gasteiger partial charge in [-0.1, -0.05) is 19.8 Å². The van der Waals surface area contributed by atoms with E-state index in [0.29, 0.717) is 5.92 Å². The SMILES string of the molecule is CCNCC1CCN(C(=O)CCN2C(=O)NC3(CCCC3)C2=O)CC1. The Morgan fingerprint density at radius 3 is 2.56 bits per heavy atom. The number of likely N-dealkylation sites (tertiary alicyclic amines) is 1. The van der Waals surface area contributed by atoms with Crippen molar-refractivity contribution in [1.82, 2.24) is 20.4 Å². The molecular weight excluding hydrogens is 320 g/mol. The van der Waals surface area contributed by atoms with E-state index in [1.54, 1.807) is 0 Å². The van der Waals surface area contributed by atoms with Gasteiger partial charge in [-0.15, -0.1) is 0 Å². The molecule has 7 heteroatoms. The van der Waals surface area contributed by atoms with Crippen LogP contribution < -0.4 is 10.6 Å². The molecule has 2 saturated heterocycles. The molecule has 0 unspecified atom stereocenters. The highest BCUT2D eigenvalue weighted by Crippen LogP contribution is 2.35. The highest BCUT2D eigenvalue weighted by atomic mass is 16.2. The summed E-state index contributed by atoms with van der Waals surface area (Å²) < 4.78 is 0. The van der Waals surface area contributed by atoms with Crippen molar-refractivity contribution in [2.24, 2.45) is 5.92 Å². The van der Waals surface area contributed by atoms with Gasteiger partial charge < -0.3 is 15.5 Å². The van der Waals surface area contributed by atoms with E-state index in [1.807, 2.05) is 4.90 Å². The molecule has 0 aromatic heterocycles. The van der Waals surface area contributed by atoms with Crippen LogP contribution >= 0.6 is 0 Å². The van der Waals surface area contributed by atoms with E-state index in [9.17, 15) is 14.4 Å². The summed E-state index contributed by atoms with van der Waals surface area (Å²) in [5.74, 6) is 0.555. The minimum Gasteiger partial charge on any atom is -0.343 e. The molecule has 0 aromatic rings. The first-order valence-electron chi connectivity index (χ1n) is 9.68. The third-order valence-corrected chi connectivity index (χ3v) is 5.90. The summed E-state index contributed by atoms with van der Waals surface area (Å²) in [6, 6.07) is -0.330. The highest BCUT2D eigenvalue weighted by Gasteiger charge is 2.52. The highest BCUT2D eigenvalue weighted by molar-refractivity contribution is 6.07. The Morgan fingerprint density at radius 1 is 1.24 bits per heavy atom. The molecule has 1 aliphatic carbocycles. The van der Waals surface area contributed by atoms with Gasteiger partial charge in [0, 0.05) is 26.1 Å². The molecule has 7 nitrogen and oxygen atoms in total. The fourth-order valence-electron chi connectivity index (χ4n) is 4.30. The minimum absolute atomic E-state index is 0.0508. The van der Waals surface area contributed by atoms with E-state index in [4.69, 9.17) is 0 Å². The normalized spacial score (nSPS) is 23.6.